The van der Waals surface area contributed by atoms with Crippen LogP contribution in [0.3, 0.4) is 0 Å². The van der Waals surface area contributed by atoms with E-state index in [0.29, 0.717) is 19.8 Å². The maximum Gasteiger partial charge on any atom is 0.122 e. The van der Waals surface area contributed by atoms with Crippen molar-refractivity contribution in [2.75, 3.05) is 26.4 Å². The van der Waals surface area contributed by atoms with Gasteiger partial charge >= 0.3 is 0 Å². The molecule has 1 atom stereocenters. The zero-order chi connectivity index (χ0) is 12.7. The van der Waals surface area contributed by atoms with Crippen LogP contribution in [0, 0.1) is 6.92 Å². The van der Waals surface area contributed by atoms with E-state index in [9.17, 15) is 0 Å². The zero-order valence-corrected chi connectivity index (χ0v) is 10.5. The molecule has 4 nitrogen and oxygen atoms in total. The van der Waals surface area contributed by atoms with Crippen molar-refractivity contribution < 1.29 is 14.6 Å². The summed E-state index contributed by atoms with van der Waals surface area (Å²) >= 11 is 0. The molecule has 0 spiro atoms. The molecule has 1 aromatic rings. The molecule has 0 radical (unpaired) electrons. The fourth-order valence-electron chi connectivity index (χ4n) is 1.49. The van der Waals surface area contributed by atoms with Crippen LogP contribution in [0.5, 0.6) is 5.75 Å². The predicted molar refractivity (Wildman–Crippen MR) is 67.2 cm³/mol. The number of aliphatic hydroxyl groups excluding tert-OH is 1. The van der Waals surface area contributed by atoms with Gasteiger partial charge in [0.2, 0.25) is 0 Å². The summed E-state index contributed by atoms with van der Waals surface area (Å²) in [7, 11) is 0. The van der Waals surface area contributed by atoms with Crippen LogP contribution in [-0.2, 0) is 4.74 Å². The van der Waals surface area contributed by atoms with Crippen LogP contribution in [0.1, 0.15) is 24.1 Å². The van der Waals surface area contributed by atoms with E-state index >= 15 is 0 Å². The predicted octanol–water partition coefficient (Wildman–Crippen LogP) is 1.40. The molecule has 0 saturated carbocycles. The van der Waals surface area contributed by atoms with E-state index in [4.69, 9.17) is 20.3 Å². The number of hydrogen-bond donors (Lipinski definition) is 2. The normalized spacial score (nSPS) is 12.5. The Hall–Kier alpha value is -1.10. The molecule has 0 heterocycles. The second-order valence-corrected chi connectivity index (χ2v) is 4.00. The van der Waals surface area contributed by atoms with Gasteiger partial charge < -0.3 is 20.3 Å². The smallest absolute Gasteiger partial charge is 0.122 e. The topological polar surface area (TPSA) is 64.7 Å². The maximum absolute atomic E-state index is 8.53. The van der Waals surface area contributed by atoms with Gasteiger partial charge in [-0.1, -0.05) is 12.1 Å². The Morgan fingerprint density at radius 2 is 2.06 bits per heavy atom. The molecule has 0 aromatic heterocycles. The van der Waals surface area contributed by atoms with E-state index in [-0.39, 0.29) is 12.6 Å². The van der Waals surface area contributed by atoms with Crippen LogP contribution in [0.15, 0.2) is 18.2 Å². The van der Waals surface area contributed by atoms with Crippen molar-refractivity contribution in [2.45, 2.75) is 19.9 Å². The lowest BCUT2D eigenvalue weighted by Crippen LogP contribution is -2.10. The Morgan fingerprint density at radius 1 is 1.29 bits per heavy atom. The first-order valence-electron chi connectivity index (χ1n) is 5.82. The third kappa shape index (κ3) is 4.73. The van der Waals surface area contributed by atoms with Gasteiger partial charge in [-0.2, -0.15) is 0 Å². The minimum Gasteiger partial charge on any atom is -0.491 e. The summed E-state index contributed by atoms with van der Waals surface area (Å²) in [5.74, 6) is 0.849. The van der Waals surface area contributed by atoms with Crippen molar-refractivity contribution in [3.05, 3.63) is 29.3 Å². The Labute approximate surface area is 102 Å². The average Bonchev–Trinajstić information content (AvgIpc) is 2.30. The quantitative estimate of drug-likeness (QED) is 0.706. The fourth-order valence-corrected chi connectivity index (χ4v) is 1.49. The van der Waals surface area contributed by atoms with E-state index < -0.39 is 0 Å². The number of aryl methyl sites for hydroxylation is 1. The summed E-state index contributed by atoms with van der Waals surface area (Å²) in [5.41, 5.74) is 7.98. The molecule has 0 amide bonds. The first kappa shape index (κ1) is 14.0. The van der Waals surface area contributed by atoms with Crippen molar-refractivity contribution in [3.8, 4) is 5.75 Å². The highest BCUT2D eigenvalue weighted by Gasteiger charge is 2.04. The molecule has 0 unspecified atom stereocenters. The first-order chi connectivity index (χ1) is 8.15. The van der Waals surface area contributed by atoms with Gasteiger partial charge in [-0.25, -0.2) is 0 Å². The van der Waals surface area contributed by atoms with Crippen molar-refractivity contribution in [1.29, 1.82) is 0 Å². The van der Waals surface area contributed by atoms with E-state index in [1.54, 1.807) is 0 Å². The van der Waals surface area contributed by atoms with Gasteiger partial charge in [0.15, 0.2) is 0 Å². The zero-order valence-electron chi connectivity index (χ0n) is 10.5. The number of ether oxygens (including phenoxy) is 2. The molecular formula is C13H21NO3. The lowest BCUT2D eigenvalue weighted by Gasteiger charge is -2.12. The van der Waals surface area contributed by atoms with Gasteiger partial charge in [-0.15, -0.1) is 0 Å². The van der Waals surface area contributed by atoms with Gasteiger partial charge in [0.1, 0.15) is 12.4 Å². The van der Waals surface area contributed by atoms with Crippen molar-refractivity contribution in [1.82, 2.24) is 0 Å². The lowest BCUT2D eigenvalue weighted by molar-refractivity contribution is 0.0703. The number of rotatable bonds is 7. The van der Waals surface area contributed by atoms with E-state index in [1.165, 1.54) is 0 Å². The molecule has 17 heavy (non-hydrogen) atoms. The van der Waals surface area contributed by atoms with E-state index in [2.05, 4.69) is 0 Å². The first-order valence-corrected chi connectivity index (χ1v) is 5.82. The largest absolute Gasteiger partial charge is 0.491 e. The molecule has 4 heteroatoms. The SMILES string of the molecule is Cc1cc([C@H](C)N)ccc1OCCOCCO. The monoisotopic (exact) mass is 239 g/mol. The Morgan fingerprint density at radius 3 is 2.65 bits per heavy atom. The minimum absolute atomic E-state index is 0.0376. The highest BCUT2D eigenvalue weighted by molar-refractivity contribution is 5.37. The molecule has 0 aliphatic rings. The summed E-state index contributed by atoms with van der Waals surface area (Å²) in [6.45, 7) is 5.31. The summed E-state index contributed by atoms with van der Waals surface area (Å²) in [6.07, 6.45) is 0. The van der Waals surface area contributed by atoms with Gasteiger partial charge in [-0.05, 0) is 31.0 Å². The van der Waals surface area contributed by atoms with Crippen LogP contribution in [0.25, 0.3) is 0 Å². The molecule has 96 valence electrons. The van der Waals surface area contributed by atoms with Crippen LogP contribution in [-0.4, -0.2) is 31.5 Å². The molecule has 0 aliphatic carbocycles. The van der Waals surface area contributed by atoms with Crippen LogP contribution in [0.2, 0.25) is 0 Å². The lowest BCUT2D eigenvalue weighted by atomic mass is 10.1. The standard InChI is InChI=1S/C13H21NO3/c1-10-9-12(11(2)14)3-4-13(10)17-8-7-16-6-5-15/h3-4,9,11,15H,5-8,14H2,1-2H3/t11-/m0/s1. The fraction of sp³-hybridized carbons (Fsp3) is 0.538. The molecular weight excluding hydrogens is 218 g/mol. The summed E-state index contributed by atoms with van der Waals surface area (Å²) in [5, 5.41) is 8.53. The van der Waals surface area contributed by atoms with Crippen molar-refractivity contribution in [2.24, 2.45) is 5.73 Å². The third-order valence-corrected chi connectivity index (χ3v) is 2.45. The summed E-state index contributed by atoms with van der Waals surface area (Å²) in [4.78, 5) is 0. The van der Waals surface area contributed by atoms with Crippen LogP contribution in [0.4, 0.5) is 0 Å². The molecule has 0 fully saturated rings. The van der Waals surface area contributed by atoms with Gasteiger partial charge in [0.05, 0.1) is 19.8 Å². The number of benzene rings is 1. The van der Waals surface area contributed by atoms with Gasteiger partial charge in [-0.3, -0.25) is 0 Å². The molecule has 0 aliphatic heterocycles. The number of hydrogen-bond acceptors (Lipinski definition) is 4. The second-order valence-electron chi connectivity index (χ2n) is 4.00. The Balaban J connectivity index is 2.43. The van der Waals surface area contributed by atoms with Crippen molar-refractivity contribution in [3.63, 3.8) is 0 Å². The number of nitrogens with two attached hydrogens (primary N) is 1. The molecule has 3 N–H and O–H groups in total. The molecule has 0 saturated heterocycles. The van der Waals surface area contributed by atoms with E-state index in [0.717, 1.165) is 16.9 Å². The highest BCUT2D eigenvalue weighted by Crippen LogP contribution is 2.21. The summed E-state index contributed by atoms with van der Waals surface area (Å²) < 4.78 is 10.7. The molecule has 1 aromatic carbocycles. The maximum atomic E-state index is 8.53. The van der Waals surface area contributed by atoms with E-state index in [1.807, 2.05) is 32.0 Å². The second kappa shape index (κ2) is 7.27. The van der Waals surface area contributed by atoms with Crippen LogP contribution >= 0.6 is 0 Å². The van der Waals surface area contributed by atoms with Crippen LogP contribution < -0.4 is 10.5 Å². The minimum atomic E-state index is 0.0376. The molecule has 1 rings (SSSR count). The van der Waals surface area contributed by atoms with Gasteiger partial charge in [0.25, 0.3) is 0 Å². The van der Waals surface area contributed by atoms with Gasteiger partial charge in [0, 0.05) is 6.04 Å². The van der Waals surface area contributed by atoms with Crippen molar-refractivity contribution >= 4 is 0 Å². The Bertz CT molecular complexity index is 339. The molecule has 0 bridgehead atoms. The number of aliphatic hydroxyl groups is 1. The Kier molecular flexibility index (Phi) is 5.97. The summed E-state index contributed by atoms with van der Waals surface area (Å²) in [6, 6.07) is 5.98. The highest BCUT2D eigenvalue weighted by atomic mass is 16.5. The third-order valence-electron chi connectivity index (χ3n) is 2.45. The average molecular weight is 239 g/mol.